The first-order valence-corrected chi connectivity index (χ1v) is 10.1. The minimum Gasteiger partial charge on any atom is -0.422 e. The number of halogens is 1. The summed E-state index contributed by atoms with van der Waals surface area (Å²) >= 11 is 5.21. The number of ketones is 1. The van der Waals surface area contributed by atoms with Crippen LogP contribution in [0.25, 0.3) is 0 Å². The molecule has 0 aliphatic carbocycles. The van der Waals surface area contributed by atoms with Gasteiger partial charge in [0.15, 0.2) is 5.78 Å². The second-order valence-corrected chi connectivity index (χ2v) is 8.24. The van der Waals surface area contributed by atoms with E-state index in [1.54, 1.807) is 12.1 Å². The van der Waals surface area contributed by atoms with Crippen LogP contribution in [0.1, 0.15) is 36.1 Å². The Bertz CT molecular complexity index is 941. The Morgan fingerprint density at radius 1 is 0.806 bits per heavy atom. The van der Waals surface area contributed by atoms with Gasteiger partial charge in [0.1, 0.15) is 0 Å². The average Bonchev–Trinajstić information content (AvgIpc) is 2.64. The molecule has 6 nitrogen and oxygen atoms in total. The molecule has 1 heterocycles. The highest BCUT2D eigenvalue weighted by Crippen LogP contribution is 2.24. The number of esters is 2. The van der Waals surface area contributed by atoms with Crippen LogP contribution in [0, 0.1) is 19.8 Å². The van der Waals surface area contributed by atoms with Crippen LogP contribution in [0.15, 0.2) is 48.5 Å². The Hall–Kier alpha value is -2.99. The number of hydrogen-bond donors (Lipinski definition) is 0. The number of aryl methyl sites for hydroxylation is 2. The molecular formula is C24H25ClO6. The second-order valence-electron chi connectivity index (χ2n) is 7.82. The molecule has 0 bridgehead atoms. The van der Waals surface area contributed by atoms with E-state index in [0.717, 1.165) is 16.7 Å². The zero-order valence-corrected chi connectivity index (χ0v) is 18.7. The molecule has 0 aromatic heterocycles. The lowest BCUT2D eigenvalue weighted by Crippen LogP contribution is -2.49. The summed E-state index contributed by atoms with van der Waals surface area (Å²) in [5.74, 6) is -5.00. The first-order chi connectivity index (χ1) is 14.5. The maximum Gasteiger partial charge on any atom is 0.331 e. The van der Waals surface area contributed by atoms with Crippen LogP contribution in [-0.4, -0.2) is 28.8 Å². The van der Waals surface area contributed by atoms with Crippen molar-refractivity contribution in [2.45, 2.75) is 46.3 Å². The highest BCUT2D eigenvalue weighted by molar-refractivity contribution is 6.63. The molecule has 1 saturated heterocycles. The van der Waals surface area contributed by atoms with Crippen LogP contribution in [0.3, 0.4) is 0 Å². The van der Waals surface area contributed by atoms with E-state index in [0.29, 0.717) is 6.42 Å². The number of rotatable bonds is 5. The van der Waals surface area contributed by atoms with E-state index in [9.17, 15) is 19.2 Å². The third kappa shape index (κ3) is 7.64. The SMILES string of the molecule is Cc1ccc(CC(=O)C2C(=O)OC(C)(C)OC2=O)cc1.Cc1ccc(CC(=O)Cl)cc1. The summed E-state index contributed by atoms with van der Waals surface area (Å²) in [4.78, 5) is 46.1. The smallest absolute Gasteiger partial charge is 0.331 e. The van der Waals surface area contributed by atoms with Gasteiger partial charge in [0, 0.05) is 26.7 Å². The summed E-state index contributed by atoms with van der Waals surface area (Å²) in [5.41, 5.74) is 3.97. The molecule has 31 heavy (non-hydrogen) atoms. The van der Waals surface area contributed by atoms with Crippen molar-refractivity contribution in [2.75, 3.05) is 0 Å². The van der Waals surface area contributed by atoms with Crippen molar-refractivity contribution in [1.82, 2.24) is 0 Å². The summed E-state index contributed by atoms with van der Waals surface area (Å²) in [7, 11) is 0. The Balaban J connectivity index is 0.000000262. The van der Waals surface area contributed by atoms with Gasteiger partial charge in [-0.3, -0.25) is 19.2 Å². The molecule has 1 aliphatic heterocycles. The van der Waals surface area contributed by atoms with Gasteiger partial charge in [-0.2, -0.15) is 0 Å². The van der Waals surface area contributed by atoms with Crippen molar-refractivity contribution in [3.05, 3.63) is 70.8 Å². The standard InChI is InChI=1S/C15H16O5.C9H9ClO/c1-9-4-6-10(7-5-9)8-11(16)12-13(17)19-15(2,3)20-14(12)18;1-7-2-4-8(5-3-7)6-9(10)11/h4-7,12H,8H2,1-3H3;2-5H,6H2,1H3. The lowest BCUT2D eigenvalue weighted by atomic mass is 9.96. The molecular weight excluding hydrogens is 420 g/mol. The zero-order chi connectivity index (χ0) is 23.2. The van der Waals surface area contributed by atoms with Gasteiger partial charge >= 0.3 is 11.9 Å². The van der Waals surface area contributed by atoms with Gasteiger partial charge in [-0.15, -0.1) is 0 Å². The van der Waals surface area contributed by atoms with E-state index in [2.05, 4.69) is 0 Å². The number of benzene rings is 2. The molecule has 0 atom stereocenters. The van der Waals surface area contributed by atoms with E-state index in [1.807, 2.05) is 50.2 Å². The van der Waals surface area contributed by atoms with Crippen LogP contribution >= 0.6 is 11.6 Å². The van der Waals surface area contributed by atoms with E-state index >= 15 is 0 Å². The Kier molecular flexibility index (Phi) is 8.11. The third-order valence-corrected chi connectivity index (χ3v) is 4.58. The van der Waals surface area contributed by atoms with Crippen molar-refractivity contribution in [3.63, 3.8) is 0 Å². The maximum absolute atomic E-state index is 12.1. The van der Waals surface area contributed by atoms with E-state index in [4.69, 9.17) is 21.1 Å². The Morgan fingerprint density at radius 2 is 1.19 bits per heavy atom. The lowest BCUT2D eigenvalue weighted by molar-refractivity contribution is -0.238. The fourth-order valence-corrected chi connectivity index (χ4v) is 3.01. The highest BCUT2D eigenvalue weighted by Gasteiger charge is 2.46. The van der Waals surface area contributed by atoms with E-state index < -0.39 is 29.4 Å². The Labute approximate surface area is 186 Å². The van der Waals surface area contributed by atoms with Crippen molar-refractivity contribution in [3.8, 4) is 0 Å². The van der Waals surface area contributed by atoms with Gasteiger partial charge in [0.05, 0.1) is 0 Å². The van der Waals surface area contributed by atoms with Gasteiger partial charge in [0.2, 0.25) is 11.2 Å². The van der Waals surface area contributed by atoms with E-state index in [1.165, 1.54) is 19.4 Å². The van der Waals surface area contributed by atoms with Crippen molar-refractivity contribution < 1.29 is 28.7 Å². The lowest BCUT2D eigenvalue weighted by Gasteiger charge is -2.32. The van der Waals surface area contributed by atoms with Gasteiger partial charge in [0.25, 0.3) is 5.79 Å². The molecule has 0 amide bonds. The molecule has 7 heteroatoms. The predicted molar refractivity (Wildman–Crippen MR) is 115 cm³/mol. The topological polar surface area (TPSA) is 86.7 Å². The number of carbonyl (C=O) groups excluding carboxylic acids is 4. The summed E-state index contributed by atoms with van der Waals surface area (Å²) in [6, 6.07) is 15.1. The van der Waals surface area contributed by atoms with Gasteiger partial charge < -0.3 is 9.47 Å². The number of cyclic esters (lactones) is 2. The molecule has 1 fully saturated rings. The number of hydrogen-bond acceptors (Lipinski definition) is 6. The number of Topliss-reactive ketones (excluding diaryl/α,β-unsaturated/α-hetero) is 1. The largest absolute Gasteiger partial charge is 0.422 e. The summed E-state index contributed by atoms with van der Waals surface area (Å²) in [5, 5.41) is -0.311. The van der Waals surface area contributed by atoms with Crippen LogP contribution in [-0.2, 0) is 41.5 Å². The normalized spacial score (nSPS) is 15.3. The summed E-state index contributed by atoms with van der Waals surface area (Å²) in [6.45, 7) is 6.84. The Morgan fingerprint density at radius 3 is 1.58 bits per heavy atom. The molecule has 0 unspecified atom stereocenters. The zero-order valence-electron chi connectivity index (χ0n) is 17.9. The van der Waals surface area contributed by atoms with Crippen LogP contribution in [0.2, 0.25) is 0 Å². The summed E-state index contributed by atoms with van der Waals surface area (Å²) in [6.07, 6.45) is 0.317. The van der Waals surface area contributed by atoms with Crippen molar-refractivity contribution in [2.24, 2.45) is 5.92 Å². The molecule has 0 radical (unpaired) electrons. The van der Waals surface area contributed by atoms with Gasteiger partial charge in [-0.05, 0) is 36.6 Å². The minimum atomic E-state index is -1.48. The first kappa shape index (κ1) is 24.3. The predicted octanol–water partition coefficient (Wildman–Crippen LogP) is 3.86. The molecule has 0 N–H and O–H groups in total. The van der Waals surface area contributed by atoms with Crippen LogP contribution in [0.4, 0.5) is 0 Å². The molecule has 3 rings (SSSR count). The molecule has 1 aliphatic rings. The van der Waals surface area contributed by atoms with Crippen LogP contribution < -0.4 is 0 Å². The third-order valence-electron chi connectivity index (χ3n) is 4.45. The van der Waals surface area contributed by atoms with Crippen molar-refractivity contribution >= 4 is 34.6 Å². The molecule has 2 aromatic rings. The molecule has 164 valence electrons. The summed E-state index contributed by atoms with van der Waals surface area (Å²) < 4.78 is 9.86. The average molecular weight is 445 g/mol. The highest BCUT2D eigenvalue weighted by atomic mass is 35.5. The first-order valence-electron chi connectivity index (χ1n) is 9.74. The fraction of sp³-hybridized carbons (Fsp3) is 0.333. The monoisotopic (exact) mass is 444 g/mol. The van der Waals surface area contributed by atoms with Gasteiger partial charge in [-0.1, -0.05) is 59.7 Å². The second kappa shape index (κ2) is 10.4. The number of ether oxygens (including phenoxy) is 2. The molecule has 0 saturated carbocycles. The quantitative estimate of drug-likeness (QED) is 0.395. The molecule has 0 spiro atoms. The van der Waals surface area contributed by atoms with Crippen LogP contribution in [0.5, 0.6) is 0 Å². The minimum absolute atomic E-state index is 0.00439. The van der Waals surface area contributed by atoms with E-state index in [-0.39, 0.29) is 11.7 Å². The van der Waals surface area contributed by atoms with Crippen molar-refractivity contribution in [1.29, 1.82) is 0 Å². The molecule has 2 aromatic carbocycles. The fourth-order valence-electron chi connectivity index (χ4n) is 2.86. The maximum atomic E-state index is 12.1. The number of carbonyl (C=O) groups is 4. The van der Waals surface area contributed by atoms with Gasteiger partial charge in [-0.25, -0.2) is 0 Å².